The Kier molecular flexibility index (Phi) is 4.64. The zero-order valence-electron chi connectivity index (χ0n) is 10.7. The van der Waals surface area contributed by atoms with Crippen molar-refractivity contribution >= 4 is 22.6 Å². The fourth-order valence-corrected chi connectivity index (χ4v) is 3.05. The number of ether oxygens (including phenoxy) is 2. The number of benzene rings is 1. The number of halogens is 1. The minimum atomic E-state index is -0.545. The molecule has 2 atom stereocenters. The predicted octanol–water partition coefficient (Wildman–Crippen LogP) is 3.26. The van der Waals surface area contributed by atoms with E-state index in [1.807, 2.05) is 24.3 Å². The molecule has 1 aromatic carbocycles. The molecule has 0 aromatic heterocycles. The van der Waals surface area contributed by atoms with Crippen molar-refractivity contribution in [1.82, 2.24) is 0 Å². The van der Waals surface area contributed by atoms with E-state index >= 15 is 0 Å². The monoisotopic (exact) mass is 362 g/mol. The first-order valence-corrected chi connectivity index (χ1v) is 7.44. The molecule has 1 saturated heterocycles. The predicted molar refractivity (Wildman–Crippen MR) is 78.3 cm³/mol. The van der Waals surface area contributed by atoms with Gasteiger partial charge in [-0.3, -0.25) is 0 Å². The Morgan fingerprint density at radius 1 is 1.22 bits per heavy atom. The van der Waals surface area contributed by atoms with E-state index in [2.05, 4.69) is 36.4 Å². The van der Waals surface area contributed by atoms with Crippen molar-refractivity contribution in [3.8, 4) is 0 Å². The minimum Gasteiger partial charge on any atom is -0.394 e. The van der Waals surface area contributed by atoms with E-state index in [1.54, 1.807) is 0 Å². The van der Waals surface area contributed by atoms with Crippen LogP contribution in [0.1, 0.15) is 38.4 Å². The molecule has 100 valence electrons. The van der Waals surface area contributed by atoms with Gasteiger partial charge in [-0.15, -0.1) is 0 Å². The number of hydrogen-bond donors (Lipinski definition) is 1. The molecule has 0 spiro atoms. The number of hydrogen-bond acceptors (Lipinski definition) is 3. The van der Waals surface area contributed by atoms with Gasteiger partial charge in [0.15, 0.2) is 5.79 Å². The van der Waals surface area contributed by atoms with Crippen LogP contribution < -0.4 is 0 Å². The molecule has 3 nitrogen and oxygen atoms in total. The SMILES string of the molecule is CCC1(CC)O[C@@H](CO)[C@H](c2ccccc2I)O1. The van der Waals surface area contributed by atoms with Crippen molar-refractivity contribution in [2.45, 2.75) is 44.7 Å². The van der Waals surface area contributed by atoms with E-state index in [0.717, 1.165) is 22.0 Å². The second-order valence-electron chi connectivity index (χ2n) is 4.52. The Morgan fingerprint density at radius 3 is 2.44 bits per heavy atom. The van der Waals surface area contributed by atoms with Gasteiger partial charge in [0, 0.05) is 3.57 Å². The van der Waals surface area contributed by atoms with Crippen molar-refractivity contribution in [3.63, 3.8) is 0 Å². The van der Waals surface area contributed by atoms with Crippen LogP contribution >= 0.6 is 22.6 Å². The van der Waals surface area contributed by atoms with Crippen LogP contribution in [0, 0.1) is 3.57 Å². The highest BCUT2D eigenvalue weighted by atomic mass is 127. The van der Waals surface area contributed by atoms with Gasteiger partial charge in [-0.25, -0.2) is 0 Å². The van der Waals surface area contributed by atoms with E-state index in [9.17, 15) is 5.11 Å². The molecule has 0 bridgehead atoms. The van der Waals surface area contributed by atoms with Crippen LogP contribution in [0.15, 0.2) is 24.3 Å². The van der Waals surface area contributed by atoms with Gasteiger partial charge in [-0.1, -0.05) is 32.0 Å². The molecule has 1 N–H and O–H groups in total. The molecule has 1 fully saturated rings. The van der Waals surface area contributed by atoms with Gasteiger partial charge >= 0.3 is 0 Å². The fourth-order valence-electron chi connectivity index (χ4n) is 2.36. The van der Waals surface area contributed by atoms with Gasteiger partial charge in [0.1, 0.15) is 12.2 Å². The van der Waals surface area contributed by atoms with Crippen LogP contribution in [-0.4, -0.2) is 23.6 Å². The first kappa shape index (κ1) is 14.2. The molecule has 1 aromatic rings. The smallest absolute Gasteiger partial charge is 0.169 e. The van der Waals surface area contributed by atoms with Crippen LogP contribution in [0.25, 0.3) is 0 Å². The Labute approximate surface area is 122 Å². The molecule has 0 aliphatic carbocycles. The lowest BCUT2D eigenvalue weighted by atomic mass is 10.1. The Hall–Kier alpha value is -0.170. The van der Waals surface area contributed by atoms with Crippen molar-refractivity contribution in [3.05, 3.63) is 33.4 Å². The topological polar surface area (TPSA) is 38.7 Å². The number of aliphatic hydroxyl groups is 1. The highest BCUT2D eigenvalue weighted by Gasteiger charge is 2.46. The highest BCUT2D eigenvalue weighted by Crippen LogP contribution is 2.42. The Bertz CT molecular complexity index is 404. The lowest BCUT2D eigenvalue weighted by Gasteiger charge is -2.25. The summed E-state index contributed by atoms with van der Waals surface area (Å²) in [5, 5.41) is 9.50. The lowest BCUT2D eigenvalue weighted by Crippen LogP contribution is -2.29. The maximum Gasteiger partial charge on any atom is 0.169 e. The molecular weight excluding hydrogens is 343 g/mol. The summed E-state index contributed by atoms with van der Waals surface area (Å²) in [5.41, 5.74) is 1.10. The molecule has 0 unspecified atom stereocenters. The van der Waals surface area contributed by atoms with E-state index in [-0.39, 0.29) is 18.8 Å². The first-order valence-electron chi connectivity index (χ1n) is 6.36. The van der Waals surface area contributed by atoms with Gasteiger partial charge in [0.05, 0.1) is 6.61 Å². The molecule has 2 rings (SSSR count). The molecular formula is C14H19IO3. The third kappa shape index (κ3) is 2.57. The summed E-state index contributed by atoms with van der Waals surface area (Å²) < 4.78 is 13.2. The second-order valence-corrected chi connectivity index (χ2v) is 5.68. The van der Waals surface area contributed by atoms with Gasteiger partial charge < -0.3 is 14.6 Å². The zero-order valence-corrected chi connectivity index (χ0v) is 12.9. The van der Waals surface area contributed by atoms with Crippen LogP contribution in [0.2, 0.25) is 0 Å². The molecule has 0 amide bonds. The summed E-state index contributed by atoms with van der Waals surface area (Å²) in [4.78, 5) is 0. The third-order valence-corrected chi connectivity index (χ3v) is 4.50. The van der Waals surface area contributed by atoms with E-state index in [1.165, 1.54) is 0 Å². The minimum absolute atomic E-state index is 0.0165. The van der Waals surface area contributed by atoms with Crippen LogP contribution in [0.4, 0.5) is 0 Å². The normalized spacial score (nSPS) is 26.4. The maximum absolute atomic E-state index is 9.50. The maximum atomic E-state index is 9.50. The molecule has 0 saturated carbocycles. The van der Waals surface area contributed by atoms with Gasteiger partial charge in [0.25, 0.3) is 0 Å². The van der Waals surface area contributed by atoms with Crippen LogP contribution in [-0.2, 0) is 9.47 Å². The van der Waals surface area contributed by atoms with Gasteiger partial charge in [-0.2, -0.15) is 0 Å². The fraction of sp³-hybridized carbons (Fsp3) is 0.571. The Balaban J connectivity index is 2.30. The van der Waals surface area contributed by atoms with Crippen molar-refractivity contribution in [1.29, 1.82) is 0 Å². The summed E-state index contributed by atoms with van der Waals surface area (Å²) in [6, 6.07) is 8.08. The zero-order chi connectivity index (χ0) is 13.2. The first-order chi connectivity index (χ1) is 8.65. The average molecular weight is 362 g/mol. The summed E-state index contributed by atoms with van der Waals surface area (Å²) in [6.45, 7) is 4.09. The summed E-state index contributed by atoms with van der Waals surface area (Å²) >= 11 is 2.30. The highest BCUT2D eigenvalue weighted by molar-refractivity contribution is 14.1. The van der Waals surface area contributed by atoms with Crippen molar-refractivity contribution in [2.24, 2.45) is 0 Å². The average Bonchev–Trinajstić information content (AvgIpc) is 2.79. The van der Waals surface area contributed by atoms with Crippen LogP contribution in [0.5, 0.6) is 0 Å². The third-order valence-electron chi connectivity index (χ3n) is 3.51. The van der Waals surface area contributed by atoms with Gasteiger partial charge in [-0.05, 0) is 47.1 Å². The summed E-state index contributed by atoms with van der Waals surface area (Å²) in [6.07, 6.45) is 1.13. The van der Waals surface area contributed by atoms with E-state index < -0.39 is 5.79 Å². The summed E-state index contributed by atoms with van der Waals surface area (Å²) in [5.74, 6) is -0.545. The standard InChI is InChI=1S/C14H19IO3/c1-3-14(4-2)17-12(9-16)13(18-14)10-7-5-6-8-11(10)15/h5-8,12-13,16H,3-4,9H2,1-2H3/t12-,13-/m0/s1. The number of aliphatic hydroxyl groups excluding tert-OH is 1. The molecule has 0 radical (unpaired) electrons. The van der Waals surface area contributed by atoms with Crippen molar-refractivity contribution < 1.29 is 14.6 Å². The Morgan fingerprint density at radius 2 is 1.89 bits per heavy atom. The van der Waals surface area contributed by atoms with Gasteiger partial charge in [0.2, 0.25) is 0 Å². The quantitative estimate of drug-likeness (QED) is 0.836. The summed E-state index contributed by atoms with van der Waals surface area (Å²) in [7, 11) is 0. The number of rotatable bonds is 4. The van der Waals surface area contributed by atoms with E-state index in [0.29, 0.717) is 0 Å². The van der Waals surface area contributed by atoms with E-state index in [4.69, 9.17) is 9.47 Å². The largest absolute Gasteiger partial charge is 0.394 e. The molecule has 1 aliphatic heterocycles. The lowest BCUT2D eigenvalue weighted by molar-refractivity contribution is -0.181. The molecule has 1 aliphatic rings. The second kappa shape index (κ2) is 5.86. The molecule has 18 heavy (non-hydrogen) atoms. The van der Waals surface area contributed by atoms with Crippen molar-refractivity contribution in [2.75, 3.05) is 6.61 Å². The molecule has 4 heteroatoms. The van der Waals surface area contributed by atoms with Crippen LogP contribution in [0.3, 0.4) is 0 Å². The molecule has 1 heterocycles.